The van der Waals surface area contributed by atoms with Crippen molar-refractivity contribution in [2.75, 3.05) is 6.61 Å². The summed E-state index contributed by atoms with van der Waals surface area (Å²) in [4.78, 5) is 10.8. The summed E-state index contributed by atoms with van der Waals surface area (Å²) in [5.41, 5.74) is -0.924. The zero-order valence-corrected chi connectivity index (χ0v) is 12.2. The Morgan fingerprint density at radius 2 is 2.11 bits per heavy atom. The van der Waals surface area contributed by atoms with E-state index < -0.39 is 11.6 Å². The van der Waals surface area contributed by atoms with E-state index >= 15 is 0 Å². The molecule has 0 radical (unpaired) electrons. The Morgan fingerprint density at radius 1 is 1.50 bits per heavy atom. The summed E-state index contributed by atoms with van der Waals surface area (Å²) >= 11 is 3.38. The molecule has 0 aliphatic carbocycles. The second-order valence-electron chi connectivity index (χ2n) is 4.70. The fraction of sp³-hybridized carbons (Fsp3) is 0.462. The maximum atomic E-state index is 10.8. The van der Waals surface area contributed by atoms with E-state index in [-0.39, 0.29) is 12.5 Å². The molecule has 1 rings (SSSR count). The van der Waals surface area contributed by atoms with E-state index in [1.807, 2.05) is 26.0 Å². The van der Waals surface area contributed by atoms with Crippen LogP contribution in [-0.4, -0.2) is 28.4 Å². The first-order chi connectivity index (χ1) is 8.24. The van der Waals surface area contributed by atoms with Crippen molar-refractivity contribution in [3.8, 4) is 5.75 Å². The highest BCUT2D eigenvalue weighted by Crippen LogP contribution is 2.30. The molecule has 1 atom stereocenters. The number of halogens is 1. The van der Waals surface area contributed by atoms with Gasteiger partial charge in [-0.05, 0) is 36.6 Å². The van der Waals surface area contributed by atoms with Gasteiger partial charge >= 0.3 is 5.97 Å². The van der Waals surface area contributed by atoms with Gasteiger partial charge in [0.1, 0.15) is 12.4 Å². The summed E-state index contributed by atoms with van der Waals surface area (Å²) in [6.07, 6.45) is 0. The minimum Gasteiger partial charge on any atom is -0.490 e. The molecule has 1 unspecified atom stereocenters. The fourth-order valence-corrected chi connectivity index (χ4v) is 1.76. The number of carboxylic acids is 1. The van der Waals surface area contributed by atoms with Gasteiger partial charge in [-0.1, -0.05) is 29.8 Å². The number of benzene rings is 1. The third-order valence-corrected chi connectivity index (χ3v) is 3.06. The first-order valence-electron chi connectivity index (χ1n) is 5.62. The Kier molecular flexibility index (Phi) is 4.76. The first-order valence-corrected chi connectivity index (χ1v) is 6.41. The number of aliphatic carboxylic acids is 1. The van der Waals surface area contributed by atoms with E-state index in [4.69, 9.17) is 9.84 Å². The van der Waals surface area contributed by atoms with Crippen LogP contribution in [0.25, 0.3) is 0 Å². The number of aliphatic hydroxyl groups is 1. The molecular formula is C13H17BrO4. The molecule has 0 bridgehead atoms. The van der Waals surface area contributed by atoms with Crippen LogP contribution in [-0.2, 0) is 4.79 Å². The minimum atomic E-state index is -1.89. The summed E-state index contributed by atoms with van der Waals surface area (Å²) < 4.78 is 6.36. The van der Waals surface area contributed by atoms with Gasteiger partial charge in [0.15, 0.2) is 5.60 Å². The molecule has 0 aliphatic rings. The van der Waals surface area contributed by atoms with Crippen molar-refractivity contribution in [1.82, 2.24) is 0 Å². The van der Waals surface area contributed by atoms with Gasteiger partial charge in [-0.2, -0.15) is 0 Å². The van der Waals surface area contributed by atoms with Gasteiger partial charge in [-0.3, -0.25) is 0 Å². The van der Waals surface area contributed by atoms with Crippen molar-refractivity contribution < 1.29 is 19.7 Å². The number of hydrogen-bond acceptors (Lipinski definition) is 3. The fourth-order valence-electron chi connectivity index (χ4n) is 1.38. The number of carbonyl (C=O) groups is 1. The molecule has 0 saturated carbocycles. The van der Waals surface area contributed by atoms with Crippen LogP contribution in [0.5, 0.6) is 5.75 Å². The standard InChI is InChI=1S/C13H17BrO4/c1-8(2)10-6-9(14)4-5-11(10)18-7-13(3,17)12(15)16/h4-6,8,17H,7H2,1-3H3,(H,15,16). The Bertz CT molecular complexity index is 441. The molecule has 100 valence electrons. The Balaban J connectivity index is 2.88. The van der Waals surface area contributed by atoms with Crippen molar-refractivity contribution >= 4 is 21.9 Å². The maximum Gasteiger partial charge on any atom is 0.339 e. The Morgan fingerprint density at radius 3 is 2.61 bits per heavy atom. The quantitative estimate of drug-likeness (QED) is 0.876. The highest BCUT2D eigenvalue weighted by molar-refractivity contribution is 9.10. The van der Waals surface area contributed by atoms with Crippen LogP contribution in [0.15, 0.2) is 22.7 Å². The van der Waals surface area contributed by atoms with E-state index in [1.165, 1.54) is 6.92 Å². The minimum absolute atomic E-state index is 0.243. The predicted molar refractivity (Wildman–Crippen MR) is 72.0 cm³/mol. The molecular weight excluding hydrogens is 300 g/mol. The van der Waals surface area contributed by atoms with E-state index in [0.717, 1.165) is 10.0 Å². The van der Waals surface area contributed by atoms with Crippen molar-refractivity contribution in [1.29, 1.82) is 0 Å². The lowest BCUT2D eigenvalue weighted by molar-refractivity contribution is -0.159. The molecule has 0 aromatic heterocycles. The van der Waals surface area contributed by atoms with Gasteiger partial charge in [0, 0.05) is 4.47 Å². The Hall–Kier alpha value is -1.07. The van der Waals surface area contributed by atoms with Crippen molar-refractivity contribution in [3.05, 3.63) is 28.2 Å². The second-order valence-corrected chi connectivity index (χ2v) is 5.62. The number of ether oxygens (including phenoxy) is 1. The Labute approximate surface area is 115 Å². The molecule has 5 heteroatoms. The molecule has 18 heavy (non-hydrogen) atoms. The third-order valence-electron chi connectivity index (χ3n) is 2.56. The number of carboxylic acid groups (broad SMARTS) is 1. The molecule has 1 aromatic carbocycles. The van der Waals surface area contributed by atoms with Crippen LogP contribution in [0.1, 0.15) is 32.3 Å². The average Bonchev–Trinajstić information content (AvgIpc) is 2.27. The summed E-state index contributed by atoms with van der Waals surface area (Å²) in [5.74, 6) is -0.465. The number of hydrogen-bond donors (Lipinski definition) is 2. The van der Waals surface area contributed by atoms with Crippen LogP contribution in [0.3, 0.4) is 0 Å². The molecule has 0 spiro atoms. The van der Waals surface area contributed by atoms with Crippen LogP contribution in [0, 0.1) is 0 Å². The van der Waals surface area contributed by atoms with Crippen molar-refractivity contribution in [3.63, 3.8) is 0 Å². The van der Waals surface area contributed by atoms with Gasteiger partial charge in [0.2, 0.25) is 0 Å². The van der Waals surface area contributed by atoms with E-state index in [9.17, 15) is 9.90 Å². The molecule has 0 heterocycles. The van der Waals surface area contributed by atoms with Crippen molar-refractivity contribution in [2.45, 2.75) is 32.3 Å². The smallest absolute Gasteiger partial charge is 0.339 e. The van der Waals surface area contributed by atoms with E-state index in [1.54, 1.807) is 6.07 Å². The summed E-state index contributed by atoms with van der Waals surface area (Å²) in [7, 11) is 0. The predicted octanol–water partition coefficient (Wildman–Crippen LogP) is 2.79. The summed E-state index contributed by atoms with van der Waals surface area (Å²) in [5, 5.41) is 18.4. The van der Waals surface area contributed by atoms with E-state index in [2.05, 4.69) is 15.9 Å². The topological polar surface area (TPSA) is 66.8 Å². The molecule has 4 nitrogen and oxygen atoms in total. The lowest BCUT2D eigenvalue weighted by atomic mass is 10.0. The SMILES string of the molecule is CC(C)c1cc(Br)ccc1OCC(C)(O)C(=O)O. The third kappa shape index (κ3) is 3.71. The zero-order chi connectivity index (χ0) is 13.9. The normalized spacial score (nSPS) is 14.3. The largest absolute Gasteiger partial charge is 0.490 e. The molecule has 0 amide bonds. The van der Waals surface area contributed by atoms with Crippen LogP contribution in [0.4, 0.5) is 0 Å². The van der Waals surface area contributed by atoms with E-state index in [0.29, 0.717) is 5.75 Å². The first kappa shape index (κ1) is 15.0. The van der Waals surface area contributed by atoms with Crippen LogP contribution >= 0.6 is 15.9 Å². The monoisotopic (exact) mass is 316 g/mol. The number of rotatable bonds is 5. The second kappa shape index (κ2) is 5.71. The molecule has 2 N–H and O–H groups in total. The lowest BCUT2D eigenvalue weighted by Gasteiger charge is -2.21. The van der Waals surface area contributed by atoms with Gasteiger partial charge in [0.05, 0.1) is 0 Å². The van der Waals surface area contributed by atoms with Gasteiger partial charge in [0.25, 0.3) is 0 Å². The lowest BCUT2D eigenvalue weighted by Crippen LogP contribution is -2.41. The highest BCUT2D eigenvalue weighted by Gasteiger charge is 2.31. The van der Waals surface area contributed by atoms with Gasteiger partial charge in [-0.15, -0.1) is 0 Å². The van der Waals surface area contributed by atoms with Gasteiger partial charge < -0.3 is 14.9 Å². The maximum absolute atomic E-state index is 10.8. The molecule has 0 aliphatic heterocycles. The van der Waals surface area contributed by atoms with Crippen molar-refractivity contribution in [2.24, 2.45) is 0 Å². The zero-order valence-electron chi connectivity index (χ0n) is 10.6. The molecule has 0 fully saturated rings. The average molecular weight is 317 g/mol. The highest BCUT2D eigenvalue weighted by atomic mass is 79.9. The van der Waals surface area contributed by atoms with Gasteiger partial charge in [-0.25, -0.2) is 4.79 Å². The molecule has 0 saturated heterocycles. The van der Waals surface area contributed by atoms with Crippen LogP contribution in [0.2, 0.25) is 0 Å². The van der Waals surface area contributed by atoms with Crippen LogP contribution < -0.4 is 4.74 Å². The summed E-state index contributed by atoms with van der Waals surface area (Å²) in [6.45, 7) is 4.96. The summed E-state index contributed by atoms with van der Waals surface area (Å²) in [6, 6.07) is 5.50. The molecule has 1 aromatic rings.